The van der Waals surface area contributed by atoms with E-state index >= 15 is 0 Å². The van der Waals surface area contributed by atoms with Gasteiger partial charge in [-0.3, -0.25) is 4.79 Å². The van der Waals surface area contributed by atoms with Gasteiger partial charge in [-0.25, -0.2) is 9.18 Å². The van der Waals surface area contributed by atoms with Gasteiger partial charge in [0.2, 0.25) is 0 Å². The molecule has 5 heteroatoms. The molecule has 2 aromatic carbocycles. The molecule has 0 radical (unpaired) electrons. The van der Waals surface area contributed by atoms with Crippen molar-refractivity contribution in [2.45, 2.75) is 25.9 Å². The van der Waals surface area contributed by atoms with Gasteiger partial charge < -0.3 is 9.64 Å². The lowest BCUT2D eigenvalue weighted by molar-refractivity contribution is -0.149. The normalized spacial score (nSPS) is 14.8. The average Bonchev–Trinajstić information content (AvgIpc) is 2.66. The first-order valence-electron chi connectivity index (χ1n) is 8.58. The lowest BCUT2D eigenvalue weighted by Gasteiger charge is -2.31. The summed E-state index contributed by atoms with van der Waals surface area (Å²) in [7, 11) is 0. The average molecular weight is 353 g/mol. The Bertz CT molecular complexity index is 829. The van der Waals surface area contributed by atoms with Gasteiger partial charge in [-0.05, 0) is 55.2 Å². The number of nitrogens with zero attached hydrogens (tertiary/aromatic N) is 1. The van der Waals surface area contributed by atoms with Gasteiger partial charge in [-0.1, -0.05) is 30.3 Å². The van der Waals surface area contributed by atoms with Gasteiger partial charge in [-0.15, -0.1) is 0 Å². The number of hydrogen-bond acceptors (Lipinski definition) is 3. The highest BCUT2D eigenvalue weighted by molar-refractivity contribution is 5.99. The van der Waals surface area contributed by atoms with E-state index in [1.807, 2.05) is 24.3 Å². The Morgan fingerprint density at radius 3 is 2.65 bits per heavy atom. The van der Waals surface area contributed by atoms with Crippen LogP contribution in [0.4, 0.5) is 10.1 Å². The smallest absolute Gasteiger partial charge is 0.331 e. The monoisotopic (exact) mass is 353 g/mol. The van der Waals surface area contributed by atoms with Crippen LogP contribution in [0.15, 0.2) is 54.6 Å². The summed E-state index contributed by atoms with van der Waals surface area (Å²) >= 11 is 0. The molecule has 0 bridgehead atoms. The quantitative estimate of drug-likeness (QED) is 0.621. The number of benzene rings is 2. The number of carbonyl (C=O) groups is 2. The molecular weight excluding hydrogens is 333 g/mol. The highest BCUT2D eigenvalue weighted by Gasteiger charge is 2.27. The molecule has 1 unspecified atom stereocenters. The van der Waals surface area contributed by atoms with Crippen LogP contribution in [0.3, 0.4) is 0 Å². The third-order valence-corrected chi connectivity index (χ3v) is 4.30. The van der Waals surface area contributed by atoms with Gasteiger partial charge in [-0.2, -0.15) is 0 Å². The number of rotatable bonds is 4. The van der Waals surface area contributed by atoms with Crippen molar-refractivity contribution in [3.8, 4) is 0 Å². The fourth-order valence-corrected chi connectivity index (χ4v) is 2.98. The molecule has 3 rings (SSSR count). The fraction of sp³-hybridized carbons (Fsp3) is 0.238. The first kappa shape index (κ1) is 17.9. The molecule has 134 valence electrons. The van der Waals surface area contributed by atoms with Crippen molar-refractivity contribution >= 4 is 23.6 Å². The molecule has 4 nitrogen and oxygen atoms in total. The van der Waals surface area contributed by atoms with Crippen LogP contribution in [0.25, 0.3) is 6.08 Å². The fourth-order valence-electron chi connectivity index (χ4n) is 2.98. The molecule has 0 spiro atoms. The van der Waals surface area contributed by atoms with Crippen LogP contribution in [0, 0.1) is 5.82 Å². The second-order valence-electron chi connectivity index (χ2n) is 6.19. The van der Waals surface area contributed by atoms with Gasteiger partial charge in [0.05, 0.1) is 0 Å². The molecule has 0 aromatic heterocycles. The van der Waals surface area contributed by atoms with Crippen molar-refractivity contribution < 1.29 is 18.7 Å². The van der Waals surface area contributed by atoms with Gasteiger partial charge in [0.1, 0.15) is 5.82 Å². The summed E-state index contributed by atoms with van der Waals surface area (Å²) in [4.78, 5) is 26.3. The molecule has 0 aliphatic carbocycles. The van der Waals surface area contributed by atoms with E-state index in [0.29, 0.717) is 12.1 Å². The van der Waals surface area contributed by atoms with E-state index in [9.17, 15) is 14.0 Å². The van der Waals surface area contributed by atoms with Crippen LogP contribution in [-0.4, -0.2) is 24.5 Å². The molecule has 0 saturated heterocycles. The highest BCUT2D eigenvalue weighted by Crippen LogP contribution is 2.27. The van der Waals surface area contributed by atoms with Crippen LogP contribution >= 0.6 is 0 Å². The lowest BCUT2D eigenvalue weighted by Crippen LogP contribution is -2.42. The molecular formula is C21H20FNO3. The van der Waals surface area contributed by atoms with Crippen molar-refractivity contribution in [1.29, 1.82) is 0 Å². The summed E-state index contributed by atoms with van der Waals surface area (Å²) in [6.45, 7) is 2.19. The number of aryl methyl sites for hydroxylation is 1. The number of anilines is 1. The summed E-state index contributed by atoms with van der Waals surface area (Å²) in [5, 5.41) is 0. The standard InChI is InChI=1S/C21H20FNO3/c1-15(26-20(24)13-10-16-8-11-18(22)12-9-16)21(25)23-14-4-6-17-5-2-3-7-19(17)23/h2-3,5,7-13,15H,4,6,14H2,1H3/b13-10+. The number of esters is 1. The lowest BCUT2D eigenvalue weighted by atomic mass is 10.0. The topological polar surface area (TPSA) is 46.6 Å². The SMILES string of the molecule is CC(OC(=O)/C=C/c1ccc(F)cc1)C(=O)N1CCCc2ccccc21. The molecule has 0 N–H and O–H groups in total. The van der Waals surface area contributed by atoms with E-state index in [2.05, 4.69) is 0 Å². The maximum atomic E-state index is 12.9. The van der Waals surface area contributed by atoms with Crippen LogP contribution in [0.1, 0.15) is 24.5 Å². The summed E-state index contributed by atoms with van der Waals surface area (Å²) in [5.74, 6) is -1.19. The highest BCUT2D eigenvalue weighted by atomic mass is 19.1. The van der Waals surface area contributed by atoms with E-state index in [1.54, 1.807) is 24.0 Å². The van der Waals surface area contributed by atoms with Gasteiger partial charge in [0.25, 0.3) is 5.91 Å². The summed E-state index contributed by atoms with van der Waals surface area (Å²) < 4.78 is 18.1. The summed E-state index contributed by atoms with van der Waals surface area (Å²) in [6, 6.07) is 13.5. The Balaban J connectivity index is 1.62. The zero-order chi connectivity index (χ0) is 18.5. The number of halogens is 1. The zero-order valence-electron chi connectivity index (χ0n) is 14.5. The third kappa shape index (κ3) is 4.17. The number of amides is 1. The van der Waals surface area contributed by atoms with Crippen molar-refractivity contribution in [3.63, 3.8) is 0 Å². The van der Waals surface area contributed by atoms with Crippen molar-refractivity contribution in [3.05, 3.63) is 71.6 Å². The predicted molar refractivity (Wildman–Crippen MR) is 98.1 cm³/mol. The van der Waals surface area contributed by atoms with Gasteiger partial charge in [0.15, 0.2) is 6.10 Å². The maximum Gasteiger partial charge on any atom is 0.331 e. The largest absolute Gasteiger partial charge is 0.449 e. The second kappa shape index (κ2) is 7.95. The number of hydrogen-bond donors (Lipinski definition) is 0. The Hall–Kier alpha value is -2.95. The molecule has 2 aromatic rings. The van der Waals surface area contributed by atoms with Crippen LogP contribution in [-0.2, 0) is 20.7 Å². The molecule has 1 heterocycles. The first-order chi connectivity index (χ1) is 12.5. The Kier molecular flexibility index (Phi) is 5.46. The third-order valence-electron chi connectivity index (χ3n) is 4.30. The van der Waals surface area contributed by atoms with Crippen LogP contribution < -0.4 is 4.90 Å². The minimum Gasteiger partial charge on any atom is -0.449 e. The number of ether oxygens (including phenoxy) is 1. The van der Waals surface area contributed by atoms with Crippen molar-refractivity contribution in [2.75, 3.05) is 11.4 Å². The Morgan fingerprint density at radius 1 is 1.15 bits per heavy atom. The summed E-state index contributed by atoms with van der Waals surface area (Å²) in [5.41, 5.74) is 2.68. The van der Waals surface area contributed by atoms with Crippen molar-refractivity contribution in [1.82, 2.24) is 0 Å². The van der Waals surface area contributed by atoms with Crippen LogP contribution in [0.5, 0.6) is 0 Å². The molecule has 26 heavy (non-hydrogen) atoms. The second-order valence-corrected chi connectivity index (χ2v) is 6.19. The molecule has 0 saturated carbocycles. The predicted octanol–water partition coefficient (Wildman–Crippen LogP) is 3.75. The molecule has 1 atom stereocenters. The Morgan fingerprint density at radius 2 is 1.88 bits per heavy atom. The zero-order valence-corrected chi connectivity index (χ0v) is 14.5. The number of para-hydroxylation sites is 1. The summed E-state index contributed by atoms with van der Waals surface area (Å²) in [6.07, 6.45) is 3.70. The molecule has 1 aliphatic heterocycles. The maximum absolute atomic E-state index is 12.9. The van der Waals surface area contributed by atoms with E-state index in [0.717, 1.165) is 24.1 Å². The minimum absolute atomic E-state index is 0.235. The number of fused-ring (bicyclic) bond motifs is 1. The number of carbonyl (C=O) groups excluding carboxylic acids is 2. The van der Waals surface area contributed by atoms with E-state index < -0.39 is 12.1 Å². The molecule has 0 fully saturated rings. The van der Waals surface area contributed by atoms with E-state index in [4.69, 9.17) is 4.74 Å². The van der Waals surface area contributed by atoms with Gasteiger partial charge in [0, 0.05) is 18.3 Å². The van der Waals surface area contributed by atoms with E-state index in [-0.39, 0.29) is 11.7 Å². The first-order valence-corrected chi connectivity index (χ1v) is 8.58. The van der Waals surface area contributed by atoms with E-state index in [1.165, 1.54) is 24.3 Å². The minimum atomic E-state index is -0.883. The van der Waals surface area contributed by atoms with Crippen LogP contribution in [0.2, 0.25) is 0 Å². The molecule has 1 aliphatic rings. The van der Waals surface area contributed by atoms with Crippen molar-refractivity contribution in [2.24, 2.45) is 0 Å². The van der Waals surface area contributed by atoms with Gasteiger partial charge >= 0.3 is 5.97 Å². The Labute approximate surface area is 151 Å². The molecule has 1 amide bonds.